The number of esters is 1. The van der Waals surface area contributed by atoms with Gasteiger partial charge in [0.1, 0.15) is 0 Å². The number of aromatic nitrogens is 1. The fraction of sp³-hybridized carbons (Fsp3) is 0.0909. The van der Waals surface area contributed by atoms with E-state index in [1.807, 2.05) is 55.5 Å². The minimum atomic E-state index is -0.334. The van der Waals surface area contributed by atoms with Gasteiger partial charge in [-0.2, -0.15) is 0 Å². The summed E-state index contributed by atoms with van der Waals surface area (Å²) < 4.78 is 6.17. The van der Waals surface area contributed by atoms with Crippen LogP contribution in [0.25, 0.3) is 32.9 Å². The van der Waals surface area contributed by atoms with Crippen molar-refractivity contribution in [3.63, 3.8) is 0 Å². The zero-order valence-corrected chi connectivity index (χ0v) is 15.8. The number of benzene rings is 3. The Kier molecular flexibility index (Phi) is 4.43. The number of pyridine rings is 1. The van der Waals surface area contributed by atoms with Crippen LogP contribution < -0.4 is 0 Å². The molecule has 0 saturated carbocycles. The Morgan fingerprint density at radius 3 is 2.65 bits per heavy atom. The molecule has 0 spiro atoms. The van der Waals surface area contributed by atoms with Gasteiger partial charge >= 0.3 is 5.97 Å². The Labute approximate surface area is 159 Å². The number of ether oxygens (including phenoxy) is 1. The molecular weight excluding hydrogens is 390 g/mol. The van der Waals surface area contributed by atoms with E-state index in [-0.39, 0.29) is 5.97 Å². The van der Waals surface area contributed by atoms with Gasteiger partial charge in [-0.25, -0.2) is 9.78 Å². The summed E-state index contributed by atoms with van der Waals surface area (Å²) in [5, 5.41) is 3.02. The molecule has 4 aromatic rings. The van der Waals surface area contributed by atoms with E-state index in [1.165, 1.54) is 0 Å². The average molecular weight is 406 g/mol. The molecule has 0 N–H and O–H groups in total. The topological polar surface area (TPSA) is 39.2 Å². The van der Waals surface area contributed by atoms with E-state index >= 15 is 0 Å². The molecule has 0 unspecified atom stereocenters. The molecule has 128 valence electrons. The quantitative estimate of drug-likeness (QED) is 0.392. The van der Waals surface area contributed by atoms with Crippen molar-refractivity contribution < 1.29 is 9.53 Å². The van der Waals surface area contributed by atoms with Gasteiger partial charge in [0.2, 0.25) is 0 Å². The summed E-state index contributed by atoms with van der Waals surface area (Å²) in [4.78, 5) is 17.4. The maximum absolute atomic E-state index is 12.6. The molecule has 0 fully saturated rings. The summed E-state index contributed by atoms with van der Waals surface area (Å²) in [7, 11) is 0. The highest BCUT2D eigenvalue weighted by Crippen LogP contribution is 2.31. The molecule has 26 heavy (non-hydrogen) atoms. The average Bonchev–Trinajstić information content (AvgIpc) is 2.67. The molecule has 0 atom stereocenters. The van der Waals surface area contributed by atoms with Crippen molar-refractivity contribution in [2.75, 3.05) is 6.61 Å². The van der Waals surface area contributed by atoms with E-state index < -0.39 is 0 Å². The largest absolute Gasteiger partial charge is 0.462 e. The first-order chi connectivity index (χ1) is 12.7. The second-order valence-electron chi connectivity index (χ2n) is 5.96. The monoisotopic (exact) mass is 405 g/mol. The van der Waals surface area contributed by atoms with Crippen LogP contribution in [0.4, 0.5) is 0 Å². The van der Waals surface area contributed by atoms with Crippen molar-refractivity contribution in [1.29, 1.82) is 0 Å². The maximum Gasteiger partial charge on any atom is 0.338 e. The summed E-state index contributed by atoms with van der Waals surface area (Å²) >= 11 is 3.47. The standard InChI is InChI=1S/C22H16BrNO2/c1-2-26-22(25)19-13-21(24-20-11-10-15(23)12-18(19)20)17-9-5-7-14-6-3-4-8-16(14)17/h3-13H,2H2,1H3. The number of carbonyl (C=O) groups excluding carboxylic acids is 1. The molecule has 1 aromatic heterocycles. The third kappa shape index (κ3) is 2.97. The minimum absolute atomic E-state index is 0.334. The molecule has 1 heterocycles. The summed E-state index contributed by atoms with van der Waals surface area (Å²) in [5.74, 6) is -0.334. The Morgan fingerprint density at radius 1 is 1.00 bits per heavy atom. The molecule has 0 bridgehead atoms. The van der Waals surface area contributed by atoms with Crippen molar-refractivity contribution in [3.8, 4) is 11.3 Å². The van der Waals surface area contributed by atoms with Gasteiger partial charge < -0.3 is 4.74 Å². The first-order valence-corrected chi connectivity index (χ1v) is 9.22. The van der Waals surface area contributed by atoms with Crippen LogP contribution in [0.5, 0.6) is 0 Å². The SMILES string of the molecule is CCOC(=O)c1cc(-c2cccc3ccccc23)nc2ccc(Br)cc12. The fourth-order valence-electron chi connectivity index (χ4n) is 3.16. The van der Waals surface area contributed by atoms with E-state index in [9.17, 15) is 4.79 Å². The second kappa shape index (κ2) is 6.89. The number of halogens is 1. The lowest BCUT2D eigenvalue weighted by Crippen LogP contribution is -2.06. The number of carbonyl (C=O) groups is 1. The van der Waals surface area contributed by atoms with Crippen molar-refractivity contribution in [1.82, 2.24) is 4.98 Å². The molecule has 0 aliphatic carbocycles. The van der Waals surface area contributed by atoms with Crippen LogP contribution in [-0.4, -0.2) is 17.6 Å². The lowest BCUT2D eigenvalue weighted by Gasteiger charge is -2.11. The van der Waals surface area contributed by atoms with Crippen molar-refractivity contribution in [2.24, 2.45) is 0 Å². The molecule has 4 rings (SSSR count). The van der Waals surface area contributed by atoms with E-state index in [2.05, 4.69) is 34.1 Å². The Balaban J connectivity index is 2.01. The van der Waals surface area contributed by atoms with Gasteiger partial charge in [0.25, 0.3) is 0 Å². The van der Waals surface area contributed by atoms with Crippen LogP contribution in [-0.2, 0) is 4.74 Å². The van der Waals surface area contributed by atoms with Crippen LogP contribution >= 0.6 is 15.9 Å². The van der Waals surface area contributed by atoms with E-state index in [0.717, 1.165) is 37.4 Å². The zero-order valence-electron chi connectivity index (χ0n) is 14.2. The zero-order chi connectivity index (χ0) is 18.1. The smallest absolute Gasteiger partial charge is 0.338 e. The number of nitrogens with zero attached hydrogens (tertiary/aromatic N) is 1. The first kappa shape index (κ1) is 16.7. The van der Waals surface area contributed by atoms with Gasteiger partial charge in [-0.1, -0.05) is 58.4 Å². The molecule has 4 heteroatoms. The third-order valence-electron chi connectivity index (χ3n) is 4.33. The third-order valence-corrected chi connectivity index (χ3v) is 4.82. The van der Waals surface area contributed by atoms with E-state index in [1.54, 1.807) is 0 Å². The van der Waals surface area contributed by atoms with Crippen molar-refractivity contribution in [2.45, 2.75) is 6.92 Å². The number of hydrogen-bond donors (Lipinski definition) is 0. The van der Waals surface area contributed by atoms with Crippen molar-refractivity contribution in [3.05, 3.63) is 76.8 Å². The predicted octanol–water partition coefficient (Wildman–Crippen LogP) is 5.99. The summed E-state index contributed by atoms with van der Waals surface area (Å²) in [5.41, 5.74) is 3.06. The van der Waals surface area contributed by atoms with Crippen LogP contribution in [0.2, 0.25) is 0 Å². The normalized spacial score (nSPS) is 11.0. The van der Waals surface area contributed by atoms with Gasteiger partial charge in [0.15, 0.2) is 0 Å². The Hall–Kier alpha value is -2.72. The second-order valence-corrected chi connectivity index (χ2v) is 6.88. The van der Waals surface area contributed by atoms with Gasteiger partial charge in [-0.05, 0) is 42.0 Å². The molecule has 0 radical (unpaired) electrons. The minimum Gasteiger partial charge on any atom is -0.462 e. The van der Waals surface area contributed by atoms with Crippen LogP contribution in [0.15, 0.2) is 71.2 Å². The molecule has 3 aromatic carbocycles. The molecule has 0 saturated heterocycles. The lowest BCUT2D eigenvalue weighted by molar-refractivity contribution is 0.0528. The van der Waals surface area contributed by atoms with Gasteiger partial charge in [0, 0.05) is 15.4 Å². The number of fused-ring (bicyclic) bond motifs is 2. The number of rotatable bonds is 3. The van der Waals surface area contributed by atoms with Crippen LogP contribution in [0, 0.1) is 0 Å². The molecule has 3 nitrogen and oxygen atoms in total. The molecule has 0 aliphatic rings. The summed E-state index contributed by atoms with van der Waals surface area (Å²) in [6.45, 7) is 2.14. The van der Waals surface area contributed by atoms with Crippen molar-refractivity contribution >= 4 is 43.6 Å². The highest BCUT2D eigenvalue weighted by molar-refractivity contribution is 9.10. The van der Waals surface area contributed by atoms with Crippen LogP contribution in [0.3, 0.4) is 0 Å². The highest BCUT2D eigenvalue weighted by Gasteiger charge is 2.16. The van der Waals surface area contributed by atoms with Crippen LogP contribution in [0.1, 0.15) is 17.3 Å². The van der Waals surface area contributed by atoms with E-state index in [0.29, 0.717) is 12.2 Å². The van der Waals surface area contributed by atoms with Gasteiger partial charge in [-0.3, -0.25) is 0 Å². The molecule has 0 amide bonds. The number of hydrogen-bond acceptors (Lipinski definition) is 3. The summed E-state index contributed by atoms with van der Waals surface area (Å²) in [6, 6.07) is 21.9. The highest BCUT2D eigenvalue weighted by atomic mass is 79.9. The summed E-state index contributed by atoms with van der Waals surface area (Å²) in [6.07, 6.45) is 0. The van der Waals surface area contributed by atoms with Gasteiger partial charge in [-0.15, -0.1) is 0 Å². The molecule has 0 aliphatic heterocycles. The maximum atomic E-state index is 12.6. The fourth-order valence-corrected chi connectivity index (χ4v) is 3.52. The Bertz CT molecular complexity index is 1130. The Morgan fingerprint density at radius 2 is 1.81 bits per heavy atom. The molecular formula is C22H16BrNO2. The van der Waals surface area contributed by atoms with Gasteiger partial charge in [0.05, 0.1) is 23.4 Å². The first-order valence-electron chi connectivity index (χ1n) is 8.43. The predicted molar refractivity (Wildman–Crippen MR) is 108 cm³/mol. The lowest BCUT2D eigenvalue weighted by atomic mass is 9.99. The van der Waals surface area contributed by atoms with E-state index in [4.69, 9.17) is 9.72 Å².